The van der Waals surface area contributed by atoms with Gasteiger partial charge in [-0.05, 0) is 37.0 Å². The van der Waals surface area contributed by atoms with Crippen molar-refractivity contribution in [2.75, 3.05) is 5.32 Å². The van der Waals surface area contributed by atoms with Crippen molar-refractivity contribution in [1.82, 2.24) is 4.41 Å². The molecule has 1 aromatic carbocycles. The van der Waals surface area contributed by atoms with Crippen LogP contribution in [0.2, 0.25) is 0 Å². The van der Waals surface area contributed by atoms with Gasteiger partial charge in [0.1, 0.15) is 0 Å². The number of nitrogens with zero attached hydrogens (tertiary/aromatic N) is 1. The van der Waals surface area contributed by atoms with Crippen molar-refractivity contribution < 1.29 is 4.79 Å². The molecule has 22 heavy (non-hydrogen) atoms. The van der Waals surface area contributed by atoms with Crippen LogP contribution < -0.4 is 11.2 Å². The second kappa shape index (κ2) is 6.98. The molecule has 0 aliphatic rings. The zero-order valence-electron chi connectivity index (χ0n) is 13.7. The number of carbonyl (C=O) groups excluding carboxylic acids is 1. The Morgan fingerprint density at radius 2 is 1.73 bits per heavy atom. The number of nitrogens with one attached hydrogen (secondary N) is 2. The van der Waals surface area contributed by atoms with Crippen LogP contribution in [0.5, 0.6) is 0 Å². The number of amides is 1. The van der Waals surface area contributed by atoms with Crippen molar-refractivity contribution in [3.63, 3.8) is 0 Å². The van der Waals surface area contributed by atoms with Crippen molar-refractivity contribution in [3.8, 4) is 0 Å². The van der Waals surface area contributed by atoms with Gasteiger partial charge in [0.05, 0.1) is 5.57 Å². The first kappa shape index (κ1) is 18.3. The normalized spacial score (nSPS) is 12.5. The number of carbonyl (C=O) groups is 1. The summed E-state index contributed by atoms with van der Waals surface area (Å²) in [5, 5.41) is 10.5. The zero-order valence-corrected chi connectivity index (χ0v) is 14.5. The van der Waals surface area contributed by atoms with Crippen LogP contribution in [-0.2, 0) is 23.0 Å². The number of benzene rings is 1. The molecular formula is C16H23N4OS-. The lowest BCUT2D eigenvalue weighted by Crippen LogP contribution is -2.29. The van der Waals surface area contributed by atoms with Crippen LogP contribution in [0.1, 0.15) is 40.2 Å². The zero-order chi connectivity index (χ0) is 17.1. The van der Waals surface area contributed by atoms with Crippen LogP contribution in [0.25, 0.3) is 0 Å². The molecule has 0 saturated carbocycles. The average Bonchev–Trinajstić information content (AvgIpc) is 2.37. The quantitative estimate of drug-likeness (QED) is 0.262. The van der Waals surface area contributed by atoms with E-state index in [0.717, 1.165) is 4.41 Å². The lowest BCUT2D eigenvalue weighted by molar-refractivity contribution is -0.112. The van der Waals surface area contributed by atoms with Gasteiger partial charge in [-0.15, -0.1) is 0 Å². The number of nitrogens with two attached hydrogens (primary N) is 1. The average molecular weight is 319 g/mol. The van der Waals surface area contributed by atoms with Gasteiger partial charge in [-0.2, -0.15) is 0 Å². The third-order valence-corrected chi connectivity index (χ3v) is 3.58. The Kier molecular flexibility index (Phi) is 5.79. The number of hydrogen-bond donors (Lipinski definition) is 3. The predicted molar refractivity (Wildman–Crippen MR) is 93.3 cm³/mol. The number of anilines is 1. The molecule has 0 heterocycles. The van der Waals surface area contributed by atoms with E-state index in [0.29, 0.717) is 11.4 Å². The molecule has 0 aliphatic carbocycles. The van der Waals surface area contributed by atoms with Crippen LogP contribution in [0, 0.1) is 5.41 Å². The van der Waals surface area contributed by atoms with Crippen LogP contribution in [0.3, 0.4) is 0 Å². The molecule has 1 amide bonds. The Hall–Kier alpha value is -1.79. The van der Waals surface area contributed by atoms with Gasteiger partial charge in [-0.3, -0.25) is 10.6 Å². The van der Waals surface area contributed by atoms with Gasteiger partial charge in [-0.1, -0.05) is 32.9 Å². The standard InChI is InChI=1S/C16H23N4OS/c1-10(17)14(11(2)20(18)22)15(21)19-13-8-6-12(7-9-13)16(3,4)5/h6-9,17H,18H2,1-5H3,(H,19,21)/q-1/b14-11-,17-10?. The first-order valence-corrected chi connectivity index (χ1v) is 7.31. The van der Waals surface area contributed by atoms with E-state index in [1.165, 1.54) is 12.5 Å². The minimum absolute atomic E-state index is 0.0537. The summed E-state index contributed by atoms with van der Waals surface area (Å²) < 4.78 is 0.926. The van der Waals surface area contributed by atoms with Gasteiger partial charge in [0, 0.05) is 17.1 Å². The number of allylic oxidation sites excluding steroid dienone is 1. The highest BCUT2D eigenvalue weighted by atomic mass is 32.1. The molecule has 0 atom stereocenters. The molecule has 0 radical (unpaired) electrons. The van der Waals surface area contributed by atoms with E-state index in [-0.39, 0.29) is 16.7 Å². The molecule has 0 aliphatic heterocycles. The van der Waals surface area contributed by atoms with Crippen molar-refractivity contribution in [2.24, 2.45) is 5.84 Å². The topological polar surface area (TPSA) is 82.2 Å². The molecule has 4 N–H and O–H groups in total. The van der Waals surface area contributed by atoms with Crippen LogP contribution in [0.4, 0.5) is 5.69 Å². The van der Waals surface area contributed by atoms with Crippen molar-refractivity contribution in [3.05, 3.63) is 41.1 Å². The number of rotatable bonds is 4. The van der Waals surface area contributed by atoms with Crippen molar-refractivity contribution in [1.29, 1.82) is 5.41 Å². The summed E-state index contributed by atoms with van der Waals surface area (Å²) in [6.07, 6.45) is 0. The Labute approximate surface area is 137 Å². The van der Waals surface area contributed by atoms with Crippen molar-refractivity contribution in [2.45, 2.75) is 40.0 Å². The maximum Gasteiger partial charge on any atom is 0.259 e. The largest absolute Gasteiger partial charge is 0.647 e. The SMILES string of the molecule is CC(=N)/C(C(=O)Nc1ccc(C(C)(C)C)cc1)=C(\C)N(N)[S-]. The van der Waals surface area contributed by atoms with Crippen LogP contribution in [-0.4, -0.2) is 16.0 Å². The second-order valence-electron chi connectivity index (χ2n) is 6.19. The van der Waals surface area contributed by atoms with E-state index in [9.17, 15) is 4.79 Å². The molecule has 1 aromatic rings. The molecule has 0 spiro atoms. The van der Waals surface area contributed by atoms with Gasteiger partial charge in [-0.25, -0.2) is 0 Å². The van der Waals surface area contributed by atoms with E-state index in [2.05, 4.69) is 26.1 Å². The van der Waals surface area contributed by atoms with Crippen LogP contribution >= 0.6 is 0 Å². The highest BCUT2D eigenvalue weighted by molar-refractivity contribution is 7.56. The summed E-state index contributed by atoms with van der Waals surface area (Å²) >= 11 is 4.82. The van der Waals surface area contributed by atoms with Crippen LogP contribution in [0.15, 0.2) is 35.5 Å². The van der Waals surface area contributed by atoms with Gasteiger partial charge in [0.15, 0.2) is 0 Å². The van der Waals surface area contributed by atoms with Gasteiger partial charge >= 0.3 is 0 Å². The first-order valence-electron chi connectivity index (χ1n) is 6.94. The Balaban J connectivity index is 3.01. The molecule has 0 bridgehead atoms. The van der Waals surface area contributed by atoms with Gasteiger partial charge in [0.2, 0.25) is 0 Å². The lowest BCUT2D eigenvalue weighted by Gasteiger charge is -2.28. The highest BCUT2D eigenvalue weighted by Gasteiger charge is 2.17. The molecule has 0 saturated heterocycles. The lowest BCUT2D eigenvalue weighted by atomic mass is 9.87. The third kappa shape index (κ3) is 4.61. The summed E-state index contributed by atoms with van der Waals surface area (Å²) in [5.74, 6) is 5.09. The second-order valence-corrected chi connectivity index (χ2v) is 6.59. The summed E-state index contributed by atoms with van der Waals surface area (Å²) in [6.45, 7) is 9.52. The fourth-order valence-electron chi connectivity index (χ4n) is 1.96. The fourth-order valence-corrected chi connectivity index (χ4v) is 2.05. The molecule has 5 nitrogen and oxygen atoms in total. The molecule has 0 fully saturated rings. The number of hydrazine groups is 1. The van der Waals surface area contributed by atoms with E-state index in [1.807, 2.05) is 24.3 Å². The van der Waals surface area contributed by atoms with Gasteiger partial charge in [0.25, 0.3) is 5.91 Å². The summed E-state index contributed by atoms with van der Waals surface area (Å²) in [7, 11) is 0. The maximum absolute atomic E-state index is 12.3. The molecule has 1 rings (SSSR count). The highest BCUT2D eigenvalue weighted by Crippen LogP contribution is 2.23. The molecule has 6 heteroatoms. The Bertz CT molecular complexity index is 598. The smallest absolute Gasteiger partial charge is 0.259 e. The minimum atomic E-state index is -0.395. The monoisotopic (exact) mass is 319 g/mol. The molecule has 0 unspecified atom stereocenters. The summed E-state index contributed by atoms with van der Waals surface area (Å²) in [4.78, 5) is 12.3. The Morgan fingerprint density at radius 1 is 1.23 bits per heavy atom. The molecular weight excluding hydrogens is 296 g/mol. The Morgan fingerprint density at radius 3 is 2.09 bits per heavy atom. The van der Waals surface area contributed by atoms with E-state index >= 15 is 0 Å². The third-order valence-electron chi connectivity index (χ3n) is 3.30. The predicted octanol–water partition coefficient (Wildman–Crippen LogP) is 2.87. The maximum atomic E-state index is 12.3. The molecule has 0 aromatic heterocycles. The number of hydrogen-bond acceptors (Lipinski definition) is 5. The summed E-state index contributed by atoms with van der Waals surface area (Å²) in [5.41, 5.74) is 2.56. The van der Waals surface area contributed by atoms with E-state index in [1.54, 1.807) is 6.92 Å². The van der Waals surface area contributed by atoms with Gasteiger partial charge < -0.3 is 28.0 Å². The van der Waals surface area contributed by atoms with E-state index in [4.69, 9.17) is 24.1 Å². The van der Waals surface area contributed by atoms with E-state index < -0.39 is 5.91 Å². The van der Waals surface area contributed by atoms with Crippen molar-refractivity contribution >= 4 is 30.1 Å². The summed E-state index contributed by atoms with van der Waals surface area (Å²) in [6, 6.07) is 7.65. The molecule has 120 valence electrons. The first-order chi connectivity index (χ1) is 10.0. The fraction of sp³-hybridized carbons (Fsp3) is 0.375. The minimum Gasteiger partial charge on any atom is -0.647 e.